The number of amides is 1. The van der Waals surface area contributed by atoms with Gasteiger partial charge in [-0.3, -0.25) is 9.48 Å². The highest BCUT2D eigenvalue weighted by atomic mass is 16.5. The van der Waals surface area contributed by atoms with Gasteiger partial charge in [0, 0.05) is 24.7 Å². The van der Waals surface area contributed by atoms with Crippen LogP contribution in [0.3, 0.4) is 0 Å². The van der Waals surface area contributed by atoms with Gasteiger partial charge in [0.05, 0.1) is 6.04 Å². The molecule has 7 nitrogen and oxygen atoms in total. The van der Waals surface area contributed by atoms with E-state index in [0.717, 1.165) is 42.7 Å². The maximum Gasteiger partial charge on any atom is 0.270 e. The molecular formula is C19H19N5O2. The van der Waals surface area contributed by atoms with E-state index in [1.165, 1.54) is 5.56 Å². The Kier molecular flexibility index (Phi) is 3.41. The second kappa shape index (κ2) is 5.79. The summed E-state index contributed by atoms with van der Waals surface area (Å²) in [6.07, 6.45) is 5.73. The predicted molar refractivity (Wildman–Crippen MR) is 93.4 cm³/mol. The van der Waals surface area contributed by atoms with Crippen LogP contribution in [0.1, 0.15) is 58.7 Å². The van der Waals surface area contributed by atoms with Crippen molar-refractivity contribution in [1.82, 2.24) is 25.2 Å². The van der Waals surface area contributed by atoms with E-state index in [0.29, 0.717) is 17.4 Å². The molecule has 0 saturated heterocycles. The zero-order valence-electron chi connectivity index (χ0n) is 14.5. The molecule has 1 aromatic carbocycles. The van der Waals surface area contributed by atoms with Crippen LogP contribution in [-0.2, 0) is 13.5 Å². The van der Waals surface area contributed by atoms with Crippen LogP contribution in [0.5, 0.6) is 0 Å². The standard InChI is InChI=1S/C19H19N5O2/c1-24-16(8-9-20-24)18(25)21-15-7-5-12-10-13(4-6-14(12)15)17-22-19(26-23-17)11-2-3-11/h4,6,8-11,15H,2-3,5,7H2,1H3,(H,21,25). The Labute approximate surface area is 150 Å². The lowest BCUT2D eigenvalue weighted by Crippen LogP contribution is -2.28. The van der Waals surface area contributed by atoms with E-state index in [1.807, 2.05) is 6.07 Å². The van der Waals surface area contributed by atoms with Gasteiger partial charge in [0.1, 0.15) is 5.69 Å². The van der Waals surface area contributed by atoms with E-state index < -0.39 is 0 Å². The minimum atomic E-state index is -0.0980. The maximum atomic E-state index is 12.4. The van der Waals surface area contributed by atoms with Crippen molar-refractivity contribution in [3.05, 3.63) is 53.2 Å². The number of nitrogens with one attached hydrogen (secondary N) is 1. The van der Waals surface area contributed by atoms with E-state index in [4.69, 9.17) is 4.52 Å². The normalized spacial score (nSPS) is 18.7. The van der Waals surface area contributed by atoms with Gasteiger partial charge in [-0.15, -0.1) is 0 Å². The largest absolute Gasteiger partial charge is 0.344 e. The Balaban J connectivity index is 1.36. The third-order valence-electron chi connectivity index (χ3n) is 5.21. The molecule has 2 aromatic heterocycles. The third-order valence-corrected chi connectivity index (χ3v) is 5.21. The summed E-state index contributed by atoms with van der Waals surface area (Å²) in [7, 11) is 1.77. The van der Waals surface area contributed by atoms with Crippen LogP contribution in [-0.4, -0.2) is 25.8 Å². The third kappa shape index (κ3) is 2.60. The zero-order valence-corrected chi connectivity index (χ0v) is 14.5. The Bertz CT molecular complexity index is 985. The topological polar surface area (TPSA) is 85.8 Å². The van der Waals surface area contributed by atoms with Crippen LogP contribution in [0, 0.1) is 0 Å². The van der Waals surface area contributed by atoms with Crippen LogP contribution in [0.4, 0.5) is 0 Å². The van der Waals surface area contributed by atoms with Crippen molar-refractivity contribution in [2.45, 2.75) is 37.6 Å². The summed E-state index contributed by atoms with van der Waals surface area (Å²) < 4.78 is 6.95. The number of aryl methyl sites for hydroxylation is 2. The first-order valence-corrected chi connectivity index (χ1v) is 8.95. The zero-order chi connectivity index (χ0) is 17.7. The molecule has 0 spiro atoms. The average Bonchev–Trinajstić information content (AvgIpc) is 3.05. The fourth-order valence-corrected chi connectivity index (χ4v) is 3.58. The van der Waals surface area contributed by atoms with Gasteiger partial charge in [-0.05, 0) is 48.9 Å². The molecule has 1 N–H and O–H groups in total. The number of nitrogens with zero attached hydrogens (tertiary/aromatic N) is 4. The molecule has 1 amide bonds. The van der Waals surface area contributed by atoms with Gasteiger partial charge >= 0.3 is 0 Å². The maximum absolute atomic E-state index is 12.4. The number of aromatic nitrogens is 4. The molecule has 1 saturated carbocycles. The molecule has 2 heterocycles. The predicted octanol–water partition coefficient (Wildman–Crippen LogP) is 2.76. The lowest BCUT2D eigenvalue weighted by atomic mass is 10.0. The van der Waals surface area contributed by atoms with Crippen molar-refractivity contribution in [2.75, 3.05) is 0 Å². The SMILES string of the molecule is Cn1nccc1C(=O)NC1CCc2cc(-c3noc(C4CC4)n3)ccc21. The Hall–Kier alpha value is -2.96. The summed E-state index contributed by atoms with van der Waals surface area (Å²) in [4.78, 5) is 17.0. The van der Waals surface area contributed by atoms with E-state index >= 15 is 0 Å². The second-order valence-corrected chi connectivity index (χ2v) is 7.05. The van der Waals surface area contributed by atoms with Crippen LogP contribution >= 0.6 is 0 Å². The summed E-state index contributed by atoms with van der Waals surface area (Å²) in [6, 6.07) is 7.94. The quantitative estimate of drug-likeness (QED) is 0.783. The van der Waals surface area contributed by atoms with Crippen molar-refractivity contribution in [2.24, 2.45) is 7.05 Å². The molecule has 1 fully saturated rings. The molecule has 3 aromatic rings. The number of carbonyl (C=O) groups excluding carboxylic acids is 1. The van der Waals surface area contributed by atoms with Crippen molar-refractivity contribution in [3.63, 3.8) is 0 Å². The molecule has 0 bridgehead atoms. The lowest BCUT2D eigenvalue weighted by Gasteiger charge is -2.14. The number of carbonyl (C=O) groups is 1. The van der Waals surface area contributed by atoms with Crippen LogP contribution in [0.15, 0.2) is 35.0 Å². The Morgan fingerprint density at radius 3 is 2.92 bits per heavy atom. The van der Waals surface area contributed by atoms with E-state index in [-0.39, 0.29) is 11.9 Å². The molecule has 0 aliphatic heterocycles. The van der Waals surface area contributed by atoms with Gasteiger partial charge in [-0.2, -0.15) is 10.1 Å². The minimum Gasteiger partial charge on any atom is -0.344 e. The van der Waals surface area contributed by atoms with Crippen LogP contribution in [0.2, 0.25) is 0 Å². The van der Waals surface area contributed by atoms with Crippen molar-refractivity contribution < 1.29 is 9.32 Å². The summed E-state index contributed by atoms with van der Waals surface area (Å²) >= 11 is 0. The van der Waals surface area contributed by atoms with Gasteiger partial charge in [-0.25, -0.2) is 0 Å². The molecule has 2 aliphatic rings. The molecule has 1 unspecified atom stereocenters. The summed E-state index contributed by atoms with van der Waals surface area (Å²) in [5.74, 6) is 1.76. The van der Waals surface area contributed by atoms with E-state index in [9.17, 15) is 4.79 Å². The lowest BCUT2D eigenvalue weighted by molar-refractivity contribution is 0.0927. The fraction of sp³-hybridized carbons (Fsp3) is 0.368. The van der Waals surface area contributed by atoms with Crippen molar-refractivity contribution in [3.8, 4) is 11.4 Å². The van der Waals surface area contributed by atoms with Crippen LogP contribution < -0.4 is 5.32 Å². The van der Waals surface area contributed by atoms with Gasteiger partial charge in [0.2, 0.25) is 11.7 Å². The van der Waals surface area contributed by atoms with E-state index in [2.05, 4.69) is 32.7 Å². The van der Waals surface area contributed by atoms with Crippen LogP contribution in [0.25, 0.3) is 11.4 Å². The van der Waals surface area contributed by atoms with Crippen molar-refractivity contribution >= 4 is 5.91 Å². The monoisotopic (exact) mass is 349 g/mol. The Morgan fingerprint density at radius 2 is 2.15 bits per heavy atom. The molecule has 5 rings (SSSR count). The fourth-order valence-electron chi connectivity index (χ4n) is 3.58. The minimum absolute atomic E-state index is 0.0220. The van der Waals surface area contributed by atoms with Gasteiger partial charge in [0.25, 0.3) is 5.91 Å². The Morgan fingerprint density at radius 1 is 1.27 bits per heavy atom. The molecule has 2 aliphatic carbocycles. The summed E-state index contributed by atoms with van der Waals surface area (Å²) in [5, 5.41) is 11.3. The van der Waals surface area contributed by atoms with Crippen molar-refractivity contribution in [1.29, 1.82) is 0 Å². The van der Waals surface area contributed by atoms with Gasteiger partial charge < -0.3 is 9.84 Å². The number of hydrogen-bond acceptors (Lipinski definition) is 5. The number of hydrogen-bond donors (Lipinski definition) is 1. The van der Waals surface area contributed by atoms with E-state index in [1.54, 1.807) is 24.0 Å². The number of fused-ring (bicyclic) bond motifs is 1. The van der Waals surface area contributed by atoms with Gasteiger partial charge in [0.15, 0.2) is 0 Å². The smallest absolute Gasteiger partial charge is 0.270 e. The molecule has 7 heteroatoms. The summed E-state index contributed by atoms with van der Waals surface area (Å²) in [6.45, 7) is 0. The first kappa shape index (κ1) is 15.3. The molecule has 0 radical (unpaired) electrons. The highest BCUT2D eigenvalue weighted by molar-refractivity contribution is 5.92. The van der Waals surface area contributed by atoms with Gasteiger partial charge in [-0.1, -0.05) is 17.3 Å². The highest BCUT2D eigenvalue weighted by Gasteiger charge is 2.30. The highest BCUT2D eigenvalue weighted by Crippen LogP contribution is 2.40. The first-order chi connectivity index (χ1) is 12.7. The molecular weight excluding hydrogens is 330 g/mol. The summed E-state index contributed by atoms with van der Waals surface area (Å²) in [5.41, 5.74) is 3.93. The molecule has 132 valence electrons. The molecule has 26 heavy (non-hydrogen) atoms. The first-order valence-electron chi connectivity index (χ1n) is 8.95. The second-order valence-electron chi connectivity index (χ2n) is 7.05. The molecule has 1 atom stereocenters. The number of rotatable bonds is 4. The number of benzene rings is 1. The average molecular weight is 349 g/mol.